The molecule has 0 saturated carbocycles. The Morgan fingerprint density at radius 3 is 2.57 bits per heavy atom. The van der Waals surface area contributed by atoms with Crippen molar-refractivity contribution in [3.05, 3.63) is 65.5 Å². The molecular formula is C17H20N2O2. The van der Waals surface area contributed by atoms with Crippen molar-refractivity contribution < 1.29 is 9.53 Å². The molecule has 2 aromatic rings. The molecule has 1 aromatic heterocycles. The number of benzene rings is 1. The first-order chi connectivity index (χ1) is 10.1. The van der Waals surface area contributed by atoms with Crippen LogP contribution in [0.2, 0.25) is 0 Å². The summed E-state index contributed by atoms with van der Waals surface area (Å²) < 4.78 is 5.02. The Balaban J connectivity index is 2.48. The third-order valence-electron chi connectivity index (χ3n) is 3.69. The molecule has 1 unspecified atom stereocenters. The zero-order valence-electron chi connectivity index (χ0n) is 12.4. The third kappa shape index (κ3) is 3.11. The molecule has 21 heavy (non-hydrogen) atoms. The molecule has 0 aliphatic heterocycles. The minimum absolute atomic E-state index is 0.178. The Morgan fingerprint density at radius 1 is 1.29 bits per heavy atom. The summed E-state index contributed by atoms with van der Waals surface area (Å²) in [6.45, 7) is 2.15. The summed E-state index contributed by atoms with van der Waals surface area (Å²) in [5.41, 5.74) is 7.98. The number of aryl methyl sites for hydroxylation is 1. The second kappa shape index (κ2) is 6.50. The van der Waals surface area contributed by atoms with Crippen LogP contribution in [0.15, 0.2) is 48.8 Å². The molecule has 1 aromatic carbocycles. The van der Waals surface area contributed by atoms with Gasteiger partial charge in [0, 0.05) is 18.9 Å². The second-order valence-corrected chi connectivity index (χ2v) is 5.19. The van der Waals surface area contributed by atoms with Crippen LogP contribution < -0.4 is 5.73 Å². The number of carbonyl (C=O) groups is 1. The Kier molecular flexibility index (Phi) is 4.70. The van der Waals surface area contributed by atoms with Gasteiger partial charge in [0.1, 0.15) is 5.41 Å². The van der Waals surface area contributed by atoms with Crippen LogP contribution in [0, 0.1) is 6.92 Å². The third-order valence-corrected chi connectivity index (χ3v) is 3.69. The molecule has 4 nitrogen and oxygen atoms in total. The molecule has 0 saturated heterocycles. The number of pyridine rings is 1. The van der Waals surface area contributed by atoms with Gasteiger partial charge in [0.25, 0.3) is 0 Å². The highest BCUT2D eigenvalue weighted by Gasteiger charge is 2.40. The van der Waals surface area contributed by atoms with Gasteiger partial charge in [0.05, 0.1) is 7.11 Å². The van der Waals surface area contributed by atoms with Gasteiger partial charge >= 0.3 is 5.97 Å². The van der Waals surface area contributed by atoms with Crippen LogP contribution in [0.3, 0.4) is 0 Å². The molecular weight excluding hydrogens is 264 g/mol. The van der Waals surface area contributed by atoms with Crippen molar-refractivity contribution >= 4 is 5.97 Å². The fourth-order valence-electron chi connectivity index (χ4n) is 2.58. The Hall–Kier alpha value is -2.20. The summed E-state index contributed by atoms with van der Waals surface area (Å²) in [7, 11) is 1.39. The van der Waals surface area contributed by atoms with Crippen molar-refractivity contribution in [2.45, 2.75) is 18.8 Å². The van der Waals surface area contributed by atoms with Crippen molar-refractivity contribution in [2.24, 2.45) is 5.73 Å². The maximum Gasteiger partial charge on any atom is 0.317 e. The molecule has 0 bridgehead atoms. The van der Waals surface area contributed by atoms with E-state index in [1.54, 1.807) is 12.4 Å². The average molecular weight is 284 g/mol. The summed E-state index contributed by atoms with van der Waals surface area (Å²) in [4.78, 5) is 16.6. The Morgan fingerprint density at radius 2 is 2.00 bits per heavy atom. The van der Waals surface area contributed by atoms with Crippen molar-refractivity contribution in [1.29, 1.82) is 0 Å². The van der Waals surface area contributed by atoms with E-state index in [1.165, 1.54) is 7.11 Å². The van der Waals surface area contributed by atoms with Crippen molar-refractivity contribution in [1.82, 2.24) is 4.98 Å². The average Bonchev–Trinajstić information content (AvgIpc) is 2.53. The van der Waals surface area contributed by atoms with E-state index in [9.17, 15) is 4.79 Å². The van der Waals surface area contributed by atoms with Crippen LogP contribution in [0.5, 0.6) is 0 Å². The molecule has 0 radical (unpaired) electrons. The van der Waals surface area contributed by atoms with Crippen molar-refractivity contribution in [3.63, 3.8) is 0 Å². The zero-order valence-corrected chi connectivity index (χ0v) is 12.4. The standard InChI is InChI=1S/C17H20N2O2/c1-13-8-14(11-19-10-13)9-17(12-18,16(20)21-2)15-6-4-3-5-7-15/h3-8,10-11H,9,12,18H2,1-2H3. The van der Waals surface area contributed by atoms with Gasteiger partial charge in [-0.1, -0.05) is 36.4 Å². The number of hydrogen-bond donors (Lipinski definition) is 1. The van der Waals surface area contributed by atoms with Gasteiger partial charge in [-0.3, -0.25) is 9.78 Å². The monoisotopic (exact) mass is 284 g/mol. The van der Waals surface area contributed by atoms with Gasteiger partial charge < -0.3 is 10.5 Å². The maximum absolute atomic E-state index is 12.4. The molecule has 0 aliphatic rings. The summed E-state index contributed by atoms with van der Waals surface area (Å²) in [5.74, 6) is -0.322. The van der Waals surface area contributed by atoms with Crippen LogP contribution in [-0.2, 0) is 21.4 Å². The predicted octanol–water partition coefficient (Wildman–Crippen LogP) is 2.00. The molecule has 0 fully saturated rings. The van der Waals surface area contributed by atoms with E-state index in [1.807, 2.05) is 43.3 Å². The Bertz CT molecular complexity index is 613. The summed E-state index contributed by atoms with van der Waals surface area (Å²) in [6, 6.07) is 11.5. The molecule has 1 heterocycles. The minimum Gasteiger partial charge on any atom is -0.468 e. The lowest BCUT2D eigenvalue weighted by Gasteiger charge is -2.30. The van der Waals surface area contributed by atoms with Gasteiger partial charge in [-0.2, -0.15) is 0 Å². The Labute approximate surface area is 125 Å². The van der Waals surface area contributed by atoms with Gasteiger partial charge in [-0.05, 0) is 30.0 Å². The van der Waals surface area contributed by atoms with Crippen LogP contribution in [0.4, 0.5) is 0 Å². The maximum atomic E-state index is 12.4. The molecule has 2 rings (SSSR count). The van der Waals surface area contributed by atoms with E-state index in [2.05, 4.69) is 4.98 Å². The van der Waals surface area contributed by atoms with Crippen LogP contribution in [0.1, 0.15) is 16.7 Å². The van der Waals surface area contributed by atoms with E-state index in [4.69, 9.17) is 10.5 Å². The number of esters is 1. The fraction of sp³-hybridized carbons (Fsp3) is 0.294. The summed E-state index contributed by atoms with van der Waals surface area (Å²) >= 11 is 0. The lowest BCUT2D eigenvalue weighted by molar-refractivity contribution is -0.147. The van der Waals surface area contributed by atoms with Gasteiger partial charge in [0.15, 0.2) is 0 Å². The number of rotatable bonds is 5. The highest BCUT2D eigenvalue weighted by atomic mass is 16.5. The largest absolute Gasteiger partial charge is 0.468 e. The SMILES string of the molecule is COC(=O)C(CN)(Cc1cncc(C)c1)c1ccccc1. The first-order valence-corrected chi connectivity index (χ1v) is 6.87. The number of nitrogens with two attached hydrogens (primary N) is 1. The topological polar surface area (TPSA) is 65.2 Å². The summed E-state index contributed by atoms with van der Waals surface area (Å²) in [5, 5.41) is 0. The van der Waals surface area contributed by atoms with Crippen LogP contribution >= 0.6 is 0 Å². The quantitative estimate of drug-likeness (QED) is 0.853. The summed E-state index contributed by atoms with van der Waals surface area (Å²) in [6.07, 6.45) is 4.02. The number of methoxy groups -OCH3 is 1. The van der Waals surface area contributed by atoms with E-state index in [0.717, 1.165) is 16.7 Å². The first kappa shape index (κ1) is 15.2. The lowest BCUT2D eigenvalue weighted by atomic mass is 9.75. The molecule has 0 aliphatic carbocycles. The van der Waals surface area contributed by atoms with E-state index < -0.39 is 5.41 Å². The number of ether oxygens (including phenoxy) is 1. The van der Waals surface area contributed by atoms with Gasteiger partial charge in [0.2, 0.25) is 0 Å². The van der Waals surface area contributed by atoms with Crippen molar-refractivity contribution in [3.8, 4) is 0 Å². The van der Waals surface area contributed by atoms with Crippen LogP contribution in [-0.4, -0.2) is 24.6 Å². The van der Waals surface area contributed by atoms with E-state index in [-0.39, 0.29) is 12.5 Å². The normalized spacial score (nSPS) is 13.5. The molecule has 0 spiro atoms. The number of hydrogen-bond acceptors (Lipinski definition) is 4. The molecule has 2 N–H and O–H groups in total. The smallest absolute Gasteiger partial charge is 0.317 e. The number of nitrogens with zero attached hydrogens (tertiary/aromatic N) is 1. The van der Waals surface area contributed by atoms with E-state index >= 15 is 0 Å². The predicted molar refractivity (Wildman–Crippen MR) is 81.9 cm³/mol. The molecule has 4 heteroatoms. The molecule has 0 amide bonds. The molecule has 1 atom stereocenters. The highest BCUT2D eigenvalue weighted by molar-refractivity contribution is 5.84. The number of carbonyl (C=O) groups excluding carboxylic acids is 1. The first-order valence-electron chi connectivity index (χ1n) is 6.87. The number of aromatic nitrogens is 1. The highest BCUT2D eigenvalue weighted by Crippen LogP contribution is 2.29. The van der Waals surface area contributed by atoms with Gasteiger partial charge in [-0.15, -0.1) is 0 Å². The zero-order chi connectivity index (χ0) is 15.3. The minimum atomic E-state index is -0.883. The van der Waals surface area contributed by atoms with Gasteiger partial charge in [-0.25, -0.2) is 0 Å². The fourth-order valence-corrected chi connectivity index (χ4v) is 2.58. The van der Waals surface area contributed by atoms with Crippen molar-refractivity contribution in [2.75, 3.05) is 13.7 Å². The van der Waals surface area contributed by atoms with E-state index in [0.29, 0.717) is 6.42 Å². The molecule has 110 valence electrons. The van der Waals surface area contributed by atoms with Crippen LogP contribution in [0.25, 0.3) is 0 Å². The second-order valence-electron chi connectivity index (χ2n) is 5.19. The lowest BCUT2D eigenvalue weighted by Crippen LogP contribution is -2.45.